The third kappa shape index (κ3) is 2.80. The summed E-state index contributed by atoms with van der Waals surface area (Å²) in [6.07, 6.45) is 0. The molecule has 0 radical (unpaired) electrons. The third-order valence-corrected chi connectivity index (χ3v) is 4.08. The zero-order valence-electron chi connectivity index (χ0n) is 11.6. The molecule has 0 saturated carbocycles. The van der Waals surface area contributed by atoms with Crippen molar-refractivity contribution in [3.63, 3.8) is 0 Å². The summed E-state index contributed by atoms with van der Waals surface area (Å²) in [5.41, 5.74) is 2.81. The predicted octanol–water partition coefficient (Wildman–Crippen LogP) is 4.76. The first-order valence-corrected chi connectivity index (χ1v) is 7.05. The van der Waals surface area contributed by atoms with E-state index in [0.29, 0.717) is 5.56 Å². The Morgan fingerprint density at radius 1 is 1.20 bits per heavy atom. The lowest BCUT2D eigenvalue weighted by Gasteiger charge is -2.17. The molecule has 2 nitrogen and oxygen atoms in total. The van der Waals surface area contributed by atoms with Gasteiger partial charge >= 0.3 is 0 Å². The van der Waals surface area contributed by atoms with Gasteiger partial charge in [-0.1, -0.05) is 35.0 Å². The highest BCUT2D eigenvalue weighted by molar-refractivity contribution is 9.10. The monoisotopic (exact) mass is 338 g/mol. The van der Waals surface area contributed by atoms with Crippen molar-refractivity contribution in [1.82, 2.24) is 0 Å². The van der Waals surface area contributed by atoms with Crippen molar-refractivity contribution >= 4 is 15.9 Å². The minimum absolute atomic E-state index is 0.0664. The van der Waals surface area contributed by atoms with Crippen molar-refractivity contribution in [3.8, 4) is 11.5 Å². The smallest absolute Gasteiger partial charge is 0.168 e. The molecular weight excluding hydrogens is 323 g/mol. The average Bonchev–Trinajstić information content (AvgIpc) is 2.38. The second-order valence-corrected chi connectivity index (χ2v) is 5.65. The van der Waals surface area contributed by atoms with Crippen LogP contribution in [-0.4, -0.2) is 12.2 Å². The maximum Gasteiger partial charge on any atom is 0.168 e. The van der Waals surface area contributed by atoms with Crippen molar-refractivity contribution in [2.75, 3.05) is 7.11 Å². The molecule has 1 N–H and O–H groups in total. The Morgan fingerprint density at radius 3 is 2.50 bits per heavy atom. The first-order valence-electron chi connectivity index (χ1n) is 6.26. The molecule has 4 heteroatoms. The summed E-state index contributed by atoms with van der Waals surface area (Å²) in [5.74, 6) is -0.584. The fourth-order valence-electron chi connectivity index (χ4n) is 2.21. The Hall–Kier alpha value is -1.55. The number of ether oxygens (including phenoxy) is 1. The van der Waals surface area contributed by atoms with Crippen molar-refractivity contribution in [2.45, 2.75) is 19.8 Å². The van der Waals surface area contributed by atoms with Crippen LogP contribution in [0.4, 0.5) is 4.39 Å². The molecule has 2 aromatic carbocycles. The number of halogens is 2. The lowest BCUT2D eigenvalue weighted by molar-refractivity contribution is 0.380. The van der Waals surface area contributed by atoms with Gasteiger partial charge in [0.25, 0.3) is 0 Å². The third-order valence-electron chi connectivity index (χ3n) is 3.39. The standard InChI is InChI=1S/C16H16BrFO2/c1-9-4-5-11(13(17)6-9)10(2)12-7-16(20-3)14(18)8-15(12)19/h4-8,10,19H,1-3H3. The van der Waals surface area contributed by atoms with Crippen molar-refractivity contribution in [3.05, 3.63) is 57.3 Å². The van der Waals surface area contributed by atoms with E-state index in [4.69, 9.17) is 4.74 Å². The molecule has 0 aliphatic heterocycles. The molecular formula is C16H16BrFO2. The number of hydrogen-bond acceptors (Lipinski definition) is 2. The van der Waals surface area contributed by atoms with E-state index < -0.39 is 5.82 Å². The molecule has 1 atom stereocenters. The lowest BCUT2D eigenvalue weighted by Crippen LogP contribution is -2.00. The van der Waals surface area contributed by atoms with E-state index in [1.807, 2.05) is 32.0 Å². The summed E-state index contributed by atoms with van der Waals surface area (Å²) in [4.78, 5) is 0. The van der Waals surface area contributed by atoms with Gasteiger partial charge in [-0.2, -0.15) is 0 Å². The van der Waals surface area contributed by atoms with Crippen LogP contribution >= 0.6 is 15.9 Å². The maximum absolute atomic E-state index is 13.5. The molecule has 0 amide bonds. The SMILES string of the molecule is COc1cc(C(C)c2ccc(C)cc2Br)c(O)cc1F. The molecule has 0 aliphatic carbocycles. The van der Waals surface area contributed by atoms with E-state index in [0.717, 1.165) is 21.7 Å². The minimum atomic E-state index is -0.566. The van der Waals surface area contributed by atoms with Crippen LogP contribution in [0.5, 0.6) is 11.5 Å². The summed E-state index contributed by atoms with van der Waals surface area (Å²) in [6, 6.07) is 8.66. The van der Waals surface area contributed by atoms with Crippen molar-refractivity contribution in [1.29, 1.82) is 0 Å². The van der Waals surface area contributed by atoms with Crippen LogP contribution in [0.15, 0.2) is 34.8 Å². The van der Waals surface area contributed by atoms with Crippen LogP contribution in [-0.2, 0) is 0 Å². The summed E-state index contributed by atoms with van der Waals surface area (Å²) in [5, 5.41) is 9.98. The fraction of sp³-hybridized carbons (Fsp3) is 0.250. The van der Waals surface area contributed by atoms with Crippen LogP contribution < -0.4 is 4.74 Å². The van der Waals surface area contributed by atoms with Gasteiger partial charge in [0.1, 0.15) is 5.75 Å². The summed E-state index contributed by atoms with van der Waals surface area (Å²) < 4.78 is 19.5. The molecule has 106 valence electrons. The van der Waals surface area contributed by atoms with E-state index in [1.54, 1.807) is 6.07 Å². The summed E-state index contributed by atoms with van der Waals surface area (Å²) >= 11 is 3.53. The largest absolute Gasteiger partial charge is 0.508 e. The van der Waals surface area contributed by atoms with Crippen LogP contribution in [0.3, 0.4) is 0 Å². The van der Waals surface area contributed by atoms with E-state index in [-0.39, 0.29) is 17.4 Å². The molecule has 0 spiro atoms. The molecule has 20 heavy (non-hydrogen) atoms. The lowest BCUT2D eigenvalue weighted by atomic mass is 9.91. The molecule has 0 fully saturated rings. The van der Waals surface area contributed by atoms with Crippen LogP contribution in [0.25, 0.3) is 0 Å². The number of methoxy groups -OCH3 is 1. The maximum atomic E-state index is 13.5. The predicted molar refractivity (Wildman–Crippen MR) is 81.0 cm³/mol. The molecule has 0 aliphatic rings. The highest BCUT2D eigenvalue weighted by atomic mass is 79.9. The number of phenols is 1. The number of benzene rings is 2. The quantitative estimate of drug-likeness (QED) is 0.873. The Bertz CT molecular complexity index is 641. The molecule has 1 unspecified atom stereocenters. The molecule has 0 bridgehead atoms. The molecule has 0 aromatic heterocycles. The second-order valence-electron chi connectivity index (χ2n) is 4.79. The normalized spacial score (nSPS) is 12.2. The van der Waals surface area contributed by atoms with E-state index >= 15 is 0 Å². The number of phenolic OH excluding ortho intramolecular Hbond substituents is 1. The van der Waals surface area contributed by atoms with Gasteiger partial charge in [-0.15, -0.1) is 0 Å². The number of rotatable bonds is 3. The van der Waals surface area contributed by atoms with E-state index in [9.17, 15) is 9.50 Å². The van der Waals surface area contributed by atoms with Gasteiger partial charge in [-0.25, -0.2) is 4.39 Å². The Morgan fingerprint density at radius 2 is 1.90 bits per heavy atom. The van der Waals surface area contributed by atoms with Crippen molar-refractivity contribution < 1.29 is 14.2 Å². The Kier molecular flexibility index (Phi) is 4.33. The van der Waals surface area contributed by atoms with Gasteiger partial charge in [0.15, 0.2) is 11.6 Å². The highest BCUT2D eigenvalue weighted by Gasteiger charge is 2.18. The molecule has 2 rings (SSSR count). The molecule has 2 aromatic rings. The topological polar surface area (TPSA) is 29.5 Å². The van der Waals surface area contributed by atoms with Gasteiger partial charge in [-0.3, -0.25) is 0 Å². The number of aryl methyl sites for hydroxylation is 1. The fourth-order valence-corrected chi connectivity index (χ4v) is 3.05. The molecule has 0 saturated heterocycles. The van der Waals surface area contributed by atoms with E-state index in [2.05, 4.69) is 15.9 Å². The summed E-state index contributed by atoms with van der Waals surface area (Å²) in [6.45, 7) is 3.97. The Labute approximate surface area is 126 Å². The summed E-state index contributed by atoms with van der Waals surface area (Å²) in [7, 11) is 1.41. The Balaban J connectivity index is 2.50. The van der Waals surface area contributed by atoms with Gasteiger partial charge in [0.05, 0.1) is 7.11 Å². The zero-order valence-corrected chi connectivity index (χ0v) is 13.2. The minimum Gasteiger partial charge on any atom is -0.508 e. The van der Waals surface area contributed by atoms with Crippen LogP contribution in [0.2, 0.25) is 0 Å². The second kappa shape index (κ2) is 5.83. The first-order chi connectivity index (χ1) is 9.43. The number of hydrogen-bond donors (Lipinski definition) is 1. The zero-order chi connectivity index (χ0) is 14.9. The van der Waals surface area contributed by atoms with Crippen LogP contribution in [0, 0.1) is 12.7 Å². The highest BCUT2D eigenvalue weighted by Crippen LogP contribution is 2.38. The van der Waals surface area contributed by atoms with Gasteiger partial charge < -0.3 is 9.84 Å². The van der Waals surface area contributed by atoms with Gasteiger partial charge in [0, 0.05) is 22.0 Å². The average molecular weight is 339 g/mol. The first kappa shape index (κ1) is 14.9. The molecule has 0 heterocycles. The van der Waals surface area contributed by atoms with E-state index in [1.165, 1.54) is 7.11 Å². The number of aromatic hydroxyl groups is 1. The van der Waals surface area contributed by atoms with Crippen LogP contribution in [0.1, 0.15) is 29.5 Å². The van der Waals surface area contributed by atoms with Crippen molar-refractivity contribution in [2.24, 2.45) is 0 Å². The van der Waals surface area contributed by atoms with Gasteiger partial charge in [-0.05, 0) is 30.2 Å². The van der Waals surface area contributed by atoms with Gasteiger partial charge in [0.2, 0.25) is 0 Å².